The number of sulfonamides is 1. The molecule has 0 unspecified atom stereocenters. The van der Waals surface area contributed by atoms with Gasteiger partial charge in [0.25, 0.3) is 0 Å². The highest BCUT2D eigenvalue weighted by molar-refractivity contribution is 7.89. The van der Waals surface area contributed by atoms with Crippen LogP contribution in [0.2, 0.25) is 5.02 Å². The molecule has 1 aromatic heterocycles. The van der Waals surface area contributed by atoms with Crippen LogP contribution in [0.4, 0.5) is 5.69 Å². The number of nitrogens with one attached hydrogen (secondary N) is 1. The lowest BCUT2D eigenvalue weighted by atomic mass is 9.97. The van der Waals surface area contributed by atoms with Gasteiger partial charge in [0.15, 0.2) is 0 Å². The van der Waals surface area contributed by atoms with Gasteiger partial charge in [-0.1, -0.05) is 35.8 Å². The molecule has 0 saturated carbocycles. The average molecular weight is 519 g/mol. The summed E-state index contributed by atoms with van der Waals surface area (Å²) in [5, 5.41) is 7.21. The van der Waals surface area contributed by atoms with E-state index in [4.69, 9.17) is 20.9 Å². The van der Waals surface area contributed by atoms with Gasteiger partial charge in [0.1, 0.15) is 5.75 Å². The molecule has 1 aliphatic heterocycles. The minimum Gasteiger partial charge on any atom is -0.495 e. The molecule has 2 aromatic carbocycles. The number of piperidine rings is 1. The number of methoxy groups -OCH3 is 1. The predicted octanol–water partition coefficient (Wildman–Crippen LogP) is 4.31. The number of aromatic nitrogens is 2. The minimum atomic E-state index is -3.76. The van der Waals surface area contributed by atoms with E-state index in [0.717, 1.165) is 0 Å². The maximum atomic E-state index is 13.5. The Kier molecular flexibility index (Phi) is 7.44. The first-order valence-corrected chi connectivity index (χ1v) is 13.1. The summed E-state index contributed by atoms with van der Waals surface area (Å²) in [6, 6.07) is 10.1. The Morgan fingerprint density at radius 2 is 1.97 bits per heavy atom. The van der Waals surface area contributed by atoms with Crippen molar-refractivity contribution in [2.24, 2.45) is 5.92 Å². The van der Waals surface area contributed by atoms with Crippen LogP contribution in [0.15, 0.2) is 45.8 Å². The molecule has 186 valence electrons. The lowest BCUT2D eigenvalue weighted by Crippen LogP contribution is -2.41. The second kappa shape index (κ2) is 10.3. The normalized spacial score (nSPS) is 15.2. The van der Waals surface area contributed by atoms with Gasteiger partial charge >= 0.3 is 0 Å². The fraction of sp³-hybridized carbons (Fsp3) is 0.375. The largest absolute Gasteiger partial charge is 0.495 e. The van der Waals surface area contributed by atoms with Gasteiger partial charge in [-0.05, 0) is 49.6 Å². The Morgan fingerprint density at radius 1 is 1.23 bits per heavy atom. The molecule has 0 bridgehead atoms. The Morgan fingerprint density at radius 3 is 2.60 bits per heavy atom. The van der Waals surface area contributed by atoms with Gasteiger partial charge in [0, 0.05) is 36.7 Å². The SMILES string of the molecule is CCc1nc(-c2ccc(C)c(S(=O)(=O)N3CCC(C(=O)Nc4ccc(OC)c(Cl)c4)CC3)c2)no1. The van der Waals surface area contributed by atoms with Crippen LogP contribution >= 0.6 is 11.6 Å². The standard InChI is InChI=1S/C24H27ClN4O5S/c1-4-22-27-23(28-34-22)17-6-5-15(2)21(13-17)35(31,32)29-11-9-16(10-12-29)24(30)26-18-7-8-20(33-3)19(25)14-18/h5-8,13-14,16H,4,9-12H2,1-3H3,(H,26,30). The van der Waals surface area contributed by atoms with Crippen molar-refractivity contribution in [2.45, 2.75) is 38.0 Å². The Balaban J connectivity index is 1.44. The number of amides is 1. The predicted molar refractivity (Wildman–Crippen MR) is 132 cm³/mol. The van der Waals surface area contributed by atoms with Crippen LogP contribution in [-0.4, -0.2) is 49.0 Å². The van der Waals surface area contributed by atoms with Crippen molar-refractivity contribution >= 4 is 33.2 Å². The number of hydrogen-bond donors (Lipinski definition) is 1. The van der Waals surface area contributed by atoms with E-state index >= 15 is 0 Å². The van der Waals surface area contributed by atoms with Crippen LogP contribution < -0.4 is 10.1 Å². The zero-order valence-corrected chi connectivity index (χ0v) is 21.3. The van der Waals surface area contributed by atoms with E-state index in [2.05, 4.69) is 15.5 Å². The molecule has 1 amide bonds. The number of hydrogen-bond acceptors (Lipinski definition) is 7. The molecule has 1 aliphatic rings. The number of nitrogens with zero attached hydrogens (tertiary/aromatic N) is 3. The van der Waals surface area contributed by atoms with E-state index in [-0.39, 0.29) is 29.8 Å². The summed E-state index contributed by atoms with van der Waals surface area (Å²) in [6.07, 6.45) is 1.43. The molecule has 0 radical (unpaired) electrons. The first-order valence-electron chi connectivity index (χ1n) is 11.3. The van der Waals surface area contributed by atoms with Crippen LogP contribution in [-0.2, 0) is 21.2 Å². The van der Waals surface area contributed by atoms with Crippen molar-refractivity contribution in [1.29, 1.82) is 0 Å². The highest BCUT2D eigenvalue weighted by atomic mass is 35.5. The number of anilines is 1. The van der Waals surface area contributed by atoms with E-state index in [1.807, 2.05) is 6.92 Å². The third kappa shape index (κ3) is 5.34. The van der Waals surface area contributed by atoms with Gasteiger partial charge < -0.3 is 14.6 Å². The van der Waals surface area contributed by atoms with Crippen LogP contribution in [0, 0.1) is 12.8 Å². The molecular formula is C24H27ClN4O5S. The maximum absolute atomic E-state index is 13.5. The van der Waals surface area contributed by atoms with E-state index in [1.54, 1.807) is 43.3 Å². The number of aryl methyl sites for hydroxylation is 2. The summed E-state index contributed by atoms with van der Waals surface area (Å²) in [7, 11) is -2.24. The number of ether oxygens (including phenoxy) is 1. The van der Waals surface area contributed by atoms with Gasteiger partial charge in [0.2, 0.25) is 27.6 Å². The molecule has 0 aliphatic carbocycles. The van der Waals surface area contributed by atoms with E-state index in [0.29, 0.717) is 58.6 Å². The van der Waals surface area contributed by atoms with Crippen molar-refractivity contribution in [3.63, 3.8) is 0 Å². The minimum absolute atomic E-state index is 0.162. The molecule has 4 rings (SSSR count). The highest BCUT2D eigenvalue weighted by Gasteiger charge is 2.33. The molecule has 2 heterocycles. The number of rotatable bonds is 7. The number of carbonyl (C=O) groups is 1. The third-order valence-electron chi connectivity index (χ3n) is 6.08. The lowest BCUT2D eigenvalue weighted by Gasteiger charge is -2.31. The van der Waals surface area contributed by atoms with Crippen LogP contribution in [0.3, 0.4) is 0 Å². The molecule has 1 N–H and O–H groups in total. The summed E-state index contributed by atoms with van der Waals surface area (Å²) in [5.74, 6) is 0.897. The summed E-state index contributed by atoms with van der Waals surface area (Å²) in [4.78, 5) is 17.3. The fourth-order valence-corrected chi connectivity index (χ4v) is 6.00. The summed E-state index contributed by atoms with van der Waals surface area (Å²) < 4.78 is 38.6. The highest BCUT2D eigenvalue weighted by Crippen LogP contribution is 2.31. The zero-order chi connectivity index (χ0) is 25.2. The number of benzene rings is 2. The Bertz CT molecular complexity index is 1330. The van der Waals surface area contributed by atoms with Crippen LogP contribution in [0.1, 0.15) is 31.2 Å². The smallest absolute Gasteiger partial charge is 0.243 e. The average Bonchev–Trinajstić information content (AvgIpc) is 3.34. The van der Waals surface area contributed by atoms with Crippen molar-refractivity contribution < 1.29 is 22.5 Å². The zero-order valence-electron chi connectivity index (χ0n) is 19.7. The monoisotopic (exact) mass is 518 g/mol. The second-order valence-electron chi connectivity index (χ2n) is 8.36. The Hall–Kier alpha value is -2.95. The van der Waals surface area contributed by atoms with Gasteiger partial charge in [-0.15, -0.1) is 0 Å². The number of halogens is 1. The molecule has 3 aromatic rings. The summed E-state index contributed by atoms with van der Waals surface area (Å²) in [6.45, 7) is 4.15. The second-order valence-corrected chi connectivity index (χ2v) is 10.7. The van der Waals surface area contributed by atoms with E-state index < -0.39 is 10.0 Å². The first kappa shape index (κ1) is 25.2. The van der Waals surface area contributed by atoms with Crippen LogP contribution in [0.25, 0.3) is 11.4 Å². The van der Waals surface area contributed by atoms with Gasteiger partial charge in [-0.2, -0.15) is 9.29 Å². The first-order chi connectivity index (χ1) is 16.7. The molecule has 9 nitrogen and oxygen atoms in total. The topological polar surface area (TPSA) is 115 Å². The third-order valence-corrected chi connectivity index (χ3v) is 8.41. The molecule has 1 fully saturated rings. The van der Waals surface area contributed by atoms with Gasteiger partial charge in [0.05, 0.1) is 17.0 Å². The maximum Gasteiger partial charge on any atom is 0.243 e. The fourth-order valence-electron chi connectivity index (χ4n) is 4.02. The molecule has 11 heteroatoms. The van der Waals surface area contributed by atoms with Crippen molar-refractivity contribution in [2.75, 3.05) is 25.5 Å². The summed E-state index contributed by atoms with van der Waals surface area (Å²) in [5.41, 5.74) is 1.77. The van der Waals surface area contributed by atoms with Gasteiger partial charge in [-0.25, -0.2) is 8.42 Å². The Labute approximate surface area is 209 Å². The molecule has 0 atom stereocenters. The number of carbonyl (C=O) groups excluding carboxylic acids is 1. The van der Waals surface area contributed by atoms with E-state index in [9.17, 15) is 13.2 Å². The molecule has 35 heavy (non-hydrogen) atoms. The molecule has 0 spiro atoms. The molecule has 1 saturated heterocycles. The van der Waals surface area contributed by atoms with Gasteiger partial charge in [-0.3, -0.25) is 4.79 Å². The quantitative estimate of drug-likeness (QED) is 0.495. The van der Waals surface area contributed by atoms with Crippen molar-refractivity contribution in [1.82, 2.24) is 14.4 Å². The van der Waals surface area contributed by atoms with Crippen LogP contribution in [0.5, 0.6) is 5.75 Å². The van der Waals surface area contributed by atoms with Crippen molar-refractivity contribution in [3.05, 3.63) is 52.9 Å². The lowest BCUT2D eigenvalue weighted by molar-refractivity contribution is -0.120. The van der Waals surface area contributed by atoms with Crippen molar-refractivity contribution in [3.8, 4) is 17.1 Å². The van der Waals surface area contributed by atoms with E-state index in [1.165, 1.54) is 11.4 Å². The summed E-state index contributed by atoms with van der Waals surface area (Å²) >= 11 is 6.14. The molecular weight excluding hydrogens is 492 g/mol.